The third-order valence-electron chi connectivity index (χ3n) is 7.61. The smallest absolute Gasteiger partial charge is 0.303 e. The first-order valence-corrected chi connectivity index (χ1v) is 15.0. The van der Waals surface area contributed by atoms with Gasteiger partial charge in [-0.2, -0.15) is 0 Å². The van der Waals surface area contributed by atoms with Crippen LogP contribution >= 0.6 is 0 Å². The number of rotatable bonds is 18. The maximum atomic E-state index is 13.9. The number of para-hydroxylation sites is 1. The van der Waals surface area contributed by atoms with Crippen LogP contribution in [-0.4, -0.2) is 56.9 Å². The molecule has 0 spiro atoms. The molecule has 2 atom stereocenters. The second-order valence-corrected chi connectivity index (χ2v) is 10.8. The summed E-state index contributed by atoms with van der Waals surface area (Å²) >= 11 is 0. The number of aromatic nitrogens is 1. The van der Waals surface area contributed by atoms with Gasteiger partial charge in [-0.25, -0.2) is 0 Å². The molecule has 9 nitrogen and oxygen atoms in total. The van der Waals surface area contributed by atoms with Gasteiger partial charge in [-0.15, -0.1) is 0 Å². The van der Waals surface area contributed by atoms with Crippen LogP contribution in [-0.2, 0) is 20.9 Å². The Kier molecular flexibility index (Phi) is 12.6. The number of carboxylic acids is 1. The maximum Gasteiger partial charge on any atom is 0.303 e. The predicted molar refractivity (Wildman–Crippen MR) is 164 cm³/mol. The molecule has 0 aliphatic rings. The van der Waals surface area contributed by atoms with E-state index < -0.39 is 23.8 Å². The number of nitrogens with zero attached hydrogens (tertiary/aromatic N) is 2. The van der Waals surface area contributed by atoms with Crippen LogP contribution in [0.2, 0.25) is 0 Å². The number of carbonyl (C=O) groups excluding carboxylic acids is 3. The molecule has 0 aliphatic heterocycles. The highest BCUT2D eigenvalue weighted by atomic mass is 16.4. The van der Waals surface area contributed by atoms with Gasteiger partial charge in [-0.05, 0) is 37.8 Å². The summed E-state index contributed by atoms with van der Waals surface area (Å²) in [7, 11) is 0. The molecule has 3 amide bonds. The average molecular weight is 577 g/mol. The first-order chi connectivity index (χ1) is 20.2. The van der Waals surface area contributed by atoms with Crippen molar-refractivity contribution in [3.8, 4) is 0 Å². The van der Waals surface area contributed by atoms with E-state index in [0.717, 1.165) is 42.1 Å². The summed E-state index contributed by atoms with van der Waals surface area (Å²) in [5.74, 6) is -2.19. The van der Waals surface area contributed by atoms with Gasteiger partial charge in [0.2, 0.25) is 11.8 Å². The quantitative estimate of drug-likeness (QED) is 0.181. The van der Waals surface area contributed by atoms with Crippen molar-refractivity contribution >= 4 is 34.6 Å². The molecule has 9 heteroatoms. The Balaban J connectivity index is 1.88. The van der Waals surface area contributed by atoms with Crippen LogP contribution in [0.5, 0.6) is 0 Å². The van der Waals surface area contributed by atoms with E-state index in [1.807, 2.05) is 66.1 Å². The number of benzene rings is 2. The largest absolute Gasteiger partial charge is 0.481 e. The van der Waals surface area contributed by atoms with E-state index >= 15 is 0 Å². The minimum Gasteiger partial charge on any atom is -0.481 e. The SMILES string of the molecule is CCCCCC[C@@H](CC(N)=O)N(CC)C(=O)[C@H](CCCC(=O)O)NC(=O)c1cn(Cc2ccccc2)c2ccccc12. The zero-order chi connectivity index (χ0) is 30.5. The van der Waals surface area contributed by atoms with Crippen molar-refractivity contribution in [2.75, 3.05) is 6.54 Å². The van der Waals surface area contributed by atoms with Crippen LogP contribution in [0.4, 0.5) is 0 Å². The average Bonchev–Trinajstić information content (AvgIpc) is 3.33. The fraction of sp³-hybridized carbons (Fsp3) is 0.455. The number of nitrogens with one attached hydrogen (secondary N) is 1. The summed E-state index contributed by atoms with van der Waals surface area (Å²) < 4.78 is 2.01. The van der Waals surface area contributed by atoms with Crippen molar-refractivity contribution in [1.82, 2.24) is 14.8 Å². The van der Waals surface area contributed by atoms with Crippen LogP contribution in [0.15, 0.2) is 60.8 Å². The van der Waals surface area contributed by atoms with Gasteiger partial charge in [0.1, 0.15) is 6.04 Å². The van der Waals surface area contributed by atoms with E-state index in [1.165, 1.54) is 0 Å². The van der Waals surface area contributed by atoms with Crippen molar-refractivity contribution < 1.29 is 24.3 Å². The molecular weight excluding hydrogens is 532 g/mol. The van der Waals surface area contributed by atoms with Crippen LogP contribution < -0.4 is 11.1 Å². The molecule has 1 heterocycles. The summed E-state index contributed by atoms with van der Waals surface area (Å²) in [6.45, 7) is 4.87. The first kappa shape index (κ1) is 32.4. The van der Waals surface area contributed by atoms with Crippen LogP contribution in [0.3, 0.4) is 0 Å². The van der Waals surface area contributed by atoms with Gasteiger partial charge in [0.15, 0.2) is 0 Å². The molecule has 0 saturated heterocycles. The van der Waals surface area contributed by atoms with E-state index in [4.69, 9.17) is 5.73 Å². The molecule has 0 bridgehead atoms. The van der Waals surface area contributed by atoms with E-state index in [2.05, 4.69) is 12.2 Å². The molecule has 2 aromatic carbocycles. The number of carboxylic acid groups (broad SMARTS) is 1. The molecule has 0 aliphatic carbocycles. The summed E-state index contributed by atoms with van der Waals surface area (Å²) in [5.41, 5.74) is 7.98. The Morgan fingerprint density at radius 3 is 2.31 bits per heavy atom. The van der Waals surface area contributed by atoms with Crippen molar-refractivity contribution in [3.05, 3.63) is 71.9 Å². The Hall–Kier alpha value is -4.14. The molecule has 0 saturated carbocycles. The molecular formula is C33H44N4O5. The topological polar surface area (TPSA) is 135 Å². The standard InChI is InChI=1S/C33H44N4O5/c1-3-5-6-10-16-25(21-30(34)38)37(4-2)33(42)28(18-13-20-31(39)40)35-32(41)27-23-36(22-24-14-8-7-9-15-24)29-19-12-11-17-26(27)29/h7-9,11-12,14-15,17,19,23,25,28H,3-6,10,13,16,18,20-22H2,1-2H3,(H2,34,38)(H,35,41)(H,39,40)/t25-,28-/m0/s1. The minimum atomic E-state index is -0.966. The third-order valence-corrected chi connectivity index (χ3v) is 7.61. The van der Waals surface area contributed by atoms with Gasteiger partial charge in [-0.1, -0.05) is 81.1 Å². The molecule has 4 N–H and O–H groups in total. The van der Waals surface area contributed by atoms with Gasteiger partial charge in [0.05, 0.1) is 5.56 Å². The zero-order valence-electron chi connectivity index (χ0n) is 24.8. The number of hydrogen-bond acceptors (Lipinski definition) is 4. The van der Waals surface area contributed by atoms with Gasteiger partial charge in [0.25, 0.3) is 5.91 Å². The normalized spacial score (nSPS) is 12.5. The lowest BCUT2D eigenvalue weighted by molar-refractivity contribution is -0.139. The molecule has 0 fully saturated rings. The van der Waals surface area contributed by atoms with Gasteiger partial charge in [-0.3, -0.25) is 19.2 Å². The molecule has 1 aromatic heterocycles. The Morgan fingerprint density at radius 2 is 1.64 bits per heavy atom. The van der Waals surface area contributed by atoms with Crippen LogP contribution in [0.25, 0.3) is 10.9 Å². The van der Waals surface area contributed by atoms with E-state index in [9.17, 15) is 24.3 Å². The number of primary amides is 1. The predicted octanol–water partition coefficient (Wildman–Crippen LogP) is 5.11. The van der Waals surface area contributed by atoms with Crippen molar-refractivity contribution in [1.29, 1.82) is 0 Å². The number of carbonyl (C=O) groups is 4. The van der Waals surface area contributed by atoms with E-state index in [-0.39, 0.29) is 37.6 Å². The summed E-state index contributed by atoms with van der Waals surface area (Å²) in [6, 6.07) is 16.2. The monoisotopic (exact) mass is 576 g/mol. The second-order valence-electron chi connectivity index (χ2n) is 10.8. The maximum absolute atomic E-state index is 13.9. The number of amides is 3. The highest BCUT2D eigenvalue weighted by Crippen LogP contribution is 2.24. The van der Waals surface area contributed by atoms with Crippen molar-refractivity contribution in [2.45, 2.75) is 90.3 Å². The summed E-state index contributed by atoms with van der Waals surface area (Å²) in [4.78, 5) is 52.5. The first-order valence-electron chi connectivity index (χ1n) is 15.0. The summed E-state index contributed by atoms with van der Waals surface area (Å²) in [6.07, 6.45) is 6.70. The number of fused-ring (bicyclic) bond motifs is 1. The van der Waals surface area contributed by atoms with E-state index in [1.54, 1.807) is 11.1 Å². The van der Waals surface area contributed by atoms with E-state index in [0.29, 0.717) is 25.1 Å². The van der Waals surface area contributed by atoms with Gasteiger partial charge >= 0.3 is 5.97 Å². The molecule has 3 aromatic rings. The highest BCUT2D eigenvalue weighted by molar-refractivity contribution is 6.08. The third kappa shape index (κ3) is 9.19. The Morgan fingerprint density at radius 1 is 0.929 bits per heavy atom. The van der Waals surface area contributed by atoms with Gasteiger partial charge in [0, 0.05) is 49.1 Å². The number of hydrogen-bond donors (Lipinski definition) is 3. The minimum absolute atomic E-state index is 0.0362. The Bertz CT molecular complexity index is 1340. The van der Waals surface area contributed by atoms with Crippen molar-refractivity contribution in [3.63, 3.8) is 0 Å². The Labute approximate surface area is 248 Å². The second kappa shape index (κ2) is 16.3. The fourth-order valence-corrected chi connectivity index (χ4v) is 5.49. The number of aliphatic carboxylic acids is 1. The zero-order valence-corrected chi connectivity index (χ0v) is 24.8. The lowest BCUT2D eigenvalue weighted by Gasteiger charge is -2.33. The molecule has 226 valence electrons. The molecule has 0 radical (unpaired) electrons. The van der Waals surface area contributed by atoms with Crippen LogP contribution in [0.1, 0.15) is 87.6 Å². The summed E-state index contributed by atoms with van der Waals surface area (Å²) in [5, 5.41) is 12.9. The molecule has 3 rings (SSSR count). The lowest BCUT2D eigenvalue weighted by atomic mass is 10.00. The number of nitrogens with two attached hydrogens (primary N) is 1. The lowest BCUT2D eigenvalue weighted by Crippen LogP contribution is -2.52. The highest BCUT2D eigenvalue weighted by Gasteiger charge is 2.31. The van der Waals surface area contributed by atoms with Crippen LogP contribution in [0, 0.1) is 0 Å². The number of likely N-dealkylation sites (N-methyl/N-ethyl adjacent to an activating group) is 1. The van der Waals surface area contributed by atoms with Gasteiger partial charge < -0.3 is 25.6 Å². The molecule has 0 unspecified atom stereocenters. The number of unbranched alkanes of at least 4 members (excludes halogenated alkanes) is 3. The van der Waals surface area contributed by atoms with Crippen molar-refractivity contribution in [2.24, 2.45) is 5.73 Å². The molecule has 42 heavy (non-hydrogen) atoms. The fourth-order valence-electron chi connectivity index (χ4n) is 5.49.